The van der Waals surface area contributed by atoms with Gasteiger partial charge in [-0.3, -0.25) is 4.53 Å². The average molecular weight is 78.1 g/mol. The molecule has 0 aliphatic carbocycles. The van der Waals surface area contributed by atoms with E-state index in [1.807, 2.05) is 4.53 Å². The van der Waals surface area contributed by atoms with Gasteiger partial charge in [0.15, 0.2) is 11.5 Å². The van der Waals surface area contributed by atoms with Crippen molar-refractivity contribution >= 4 is 11.5 Å². The minimum atomic E-state index is -0.324. The molecule has 0 unspecified atom stereocenters. The first-order valence-corrected chi connectivity index (χ1v) is 1.23. The van der Waals surface area contributed by atoms with Crippen molar-refractivity contribution in [2.24, 2.45) is 4.53 Å². The lowest BCUT2D eigenvalue weighted by molar-refractivity contribution is 0.698. The summed E-state index contributed by atoms with van der Waals surface area (Å²) in [6, 6.07) is 0. The van der Waals surface area contributed by atoms with Crippen molar-refractivity contribution in [3.8, 4) is 0 Å². The largest absolute Gasteiger partial charge is 0.727 e. The van der Waals surface area contributed by atoms with Crippen molar-refractivity contribution in [1.29, 1.82) is 0 Å². The van der Waals surface area contributed by atoms with E-state index in [0.29, 0.717) is 0 Å². The second kappa shape index (κ2) is 2.78. The lowest BCUT2D eigenvalue weighted by Crippen LogP contribution is -1.27. The molecule has 0 spiro atoms. The summed E-state index contributed by atoms with van der Waals surface area (Å²) in [6.07, 6.45) is 0. The molecule has 0 aliphatic heterocycles. The minimum Gasteiger partial charge on any atom is -0.727 e. The van der Waals surface area contributed by atoms with Crippen molar-refractivity contribution in [3.05, 3.63) is 5.21 Å². The zero-order chi connectivity index (χ0) is 3.41. The molecule has 0 heterocycles. The summed E-state index contributed by atoms with van der Waals surface area (Å²) in [5.74, 6) is 0. The van der Waals surface area contributed by atoms with Crippen LogP contribution in [0, 0.1) is 5.21 Å². The van der Waals surface area contributed by atoms with Crippen molar-refractivity contribution in [1.82, 2.24) is 0 Å². The van der Waals surface area contributed by atoms with E-state index in [4.69, 9.17) is 9.42 Å². The third-order valence-electron chi connectivity index (χ3n) is 0.0304. The fourth-order valence-electron chi connectivity index (χ4n) is 0. The smallest absolute Gasteiger partial charge is 0.187 e. The summed E-state index contributed by atoms with van der Waals surface area (Å²) < 4.78 is 10.6. The van der Waals surface area contributed by atoms with Gasteiger partial charge in [0.25, 0.3) is 0 Å². The first-order chi connectivity index (χ1) is 1.91. The van der Waals surface area contributed by atoms with Gasteiger partial charge in [-0.2, -0.15) is 4.21 Å². The third kappa shape index (κ3) is 1.78. The number of hydrogen-bond acceptors (Lipinski definition) is 3. The van der Waals surface area contributed by atoms with Crippen molar-refractivity contribution in [3.63, 3.8) is 0 Å². The van der Waals surface area contributed by atoms with Crippen LogP contribution in [0.25, 0.3) is 0 Å². The zero-order valence-corrected chi connectivity index (χ0v) is 2.49. The molecule has 0 aromatic rings. The van der Waals surface area contributed by atoms with E-state index in [1.54, 1.807) is 0 Å². The topological polar surface area (TPSA) is 52.5 Å². The highest BCUT2D eigenvalue weighted by atomic mass is 32.1. The zero-order valence-electron chi connectivity index (χ0n) is 1.67. The SMILES string of the molecule is O=S=N[O-]. The molecular formula is NO2S-. The fourth-order valence-corrected chi connectivity index (χ4v) is 0. The maximum Gasteiger partial charge on any atom is 0.187 e. The van der Waals surface area contributed by atoms with E-state index in [0.717, 1.165) is 0 Å². The molecule has 0 rings (SSSR count). The quantitative estimate of drug-likeness (QED) is 0.379. The first kappa shape index (κ1) is 3.78. The molecule has 4 heavy (non-hydrogen) atoms. The highest BCUT2D eigenvalue weighted by Crippen LogP contribution is 1.38. The predicted molar refractivity (Wildman–Crippen MR) is 13.9 cm³/mol. The highest BCUT2D eigenvalue weighted by Gasteiger charge is 1.14. The second-order valence-electron chi connectivity index (χ2n) is 0.149. The van der Waals surface area contributed by atoms with Crippen LogP contribution in [0.2, 0.25) is 0 Å². The van der Waals surface area contributed by atoms with Crippen molar-refractivity contribution in [2.45, 2.75) is 0 Å². The van der Waals surface area contributed by atoms with E-state index >= 15 is 0 Å². The van der Waals surface area contributed by atoms with Gasteiger partial charge in [0.05, 0.1) is 0 Å². The molecule has 0 saturated carbocycles. The van der Waals surface area contributed by atoms with Crippen LogP contribution < -0.4 is 0 Å². The second-order valence-corrected chi connectivity index (χ2v) is 0.447. The van der Waals surface area contributed by atoms with Crippen LogP contribution in [0.3, 0.4) is 0 Å². The van der Waals surface area contributed by atoms with E-state index in [2.05, 4.69) is 0 Å². The van der Waals surface area contributed by atoms with Crippen LogP contribution in [0.5, 0.6) is 0 Å². The van der Waals surface area contributed by atoms with Gasteiger partial charge in [0.1, 0.15) is 0 Å². The maximum absolute atomic E-state index is 8.74. The van der Waals surface area contributed by atoms with Crippen LogP contribution >= 0.6 is 0 Å². The Bertz CT molecular complexity index is 44.0. The molecule has 0 aromatic heterocycles. The van der Waals surface area contributed by atoms with Crippen molar-refractivity contribution in [2.75, 3.05) is 0 Å². The molecule has 3 nitrogen and oxygen atoms in total. The lowest BCUT2D eigenvalue weighted by atomic mass is 13.6. The average Bonchev–Trinajstić information content (AvgIpc) is 1.37. The summed E-state index contributed by atoms with van der Waals surface area (Å²) in [5, 5.41) is 8.57. The molecule has 0 fully saturated rings. The summed E-state index contributed by atoms with van der Waals surface area (Å²) in [7, 11) is 0. The molecule has 0 aromatic carbocycles. The van der Waals surface area contributed by atoms with Gasteiger partial charge in [0, 0.05) is 0 Å². The molecule has 0 radical (unpaired) electrons. The van der Waals surface area contributed by atoms with Gasteiger partial charge < -0.3 is 5.21 Å². The molecule has 4 heteroatoms. The van der Waals surface area contributed by atoms with Gasteiger partial charge in [0.2, 0.25) is 0 Å². The van der Waals surface area contributed by atoms with Crippen LogP contribution in [-0.4, -0.2) is 4.21 Å². The Labute approximate surface area is 26.5 Å². The van der Waals surface area contributed by atoms with Gasteiger partial charge in [-0.1, -0.05) is 0 Å². The number of nitrogens with zero attached hydrogens (tertiary/aromatic N) is 1. The first-order valence-electron chi connectivity index (χ1n) is 0.532. The standard InChI is InChI=1S/HNO2S/c2-1-4-3/h2H/p-1. The Hall–Kier alpha value is -0.220. The molecule has 0 amide bonds. The summed E-state index contributed by atoms with van der Waals surface area (Å²) in [6.45, 7) is 0. The molecule has 0 N–H and O–H groups in total. The summed E-state index contributed by atoms with van der Waals surface area (Å²) >= 11 is -0.324. The Kier molecular flexibility index (Phi) is 2.63. The van der Waals surface area contributed by atoms with E-state index in [9.17, 15) is 0 Å². The Morgan fingerprint density at radius 1 is 2.00 bits per heavy atom. The van der Waals surface area contributed by atoms with Gasteiger partial charge in [-0.05, 0) is 0 Å². The van der Waals surface area contributed by atoms with E-state index in [-0.39, 0.29) is 11.5 Å². The predicted octanol–water partition coefficient (Wildman–Crippen LogP) is -0.119. The molecule has 0 saturated heterocycles. The Balaban J connectivity index is 3.11. The molecular weight excluding hydrogens is 78.1 g/mol. The van der Waals surface area contributed by atoms with Crippen LogP contribution in [0.15, 0.2) is 4.53 Å². The Morgan fingerprint density at radius 2 is 2.25 bits per heavy atom. The van der Waals surface area contributed by atoms with E-state index < -0.39 is 0 Å². The molecule has 24 valence electrons. The van der Waals surface area contributed by atoms with Crippen LogP contribution in [-0.2, 0) is 11.5 Å². The molecule has 0 bridgehead atoms. The normalized spacial score (nSPS) is 5.25. The minimum absolute atomic E-state index is 0.324. The van der Waals surface area contributed by atoms with Gasteiger partial charge in [-0.25, -0.2) is 0 Å². The van der Waals surface area contributed by atoms with Gasteiger partial charge >= 0.3 is 0 Å². The van der Waals surface area contributed by atoms with Crippen LogP contribution in [0.4, 0.5) is 0 Å². The monoisotopic (exact) mass is 78.0 g/mol. The molecule has 0 atom stereocenters. The van der Waals surface area contributed by atoms with Gasteiger partial charge in [-0.15, -0.1) is 0 Å². The molecule has 0 aliphatic rings. The number of rotatable bonds is 0. The van der Waals surface area contributed by atoms with Crippen molar-refractivity contribution < 1.29 is 4.21 Å². The summed E-state index contributed by atoms with van der Waals surface area (Å²) in [5.41, 5.74) is 0. The fraction of sp³-hybridized carbons (Fsp3) is 0. The Morgan fingerprint density at radius 3 is 2.25 bits per heavy atom. The van der Waals surface area contributed by atoms with E-state index in [1.165, 1.54) is 0 Å². The highest BCUT2D eigenvalue weighted by molar-refractivity contribution is 7.54. The van der Waals surface area contributed by atoms with Crippen LogP contribution in [0.1, 0.15) is 0 Å². The third-order valence-corrected chi connectivity index (χ3v) is 0.0913. The number of hydrogen-bond donors (Lipinski definition) is 0. The summed E-state index contributed by atoms with van der Waals surface area (Å²) in [4.78, 5) is 0. The lowest BCUT2D eigenvalue weighted by Gasteiger charge is -1.66. The maximum atomic E-state index is 8.74.